The first kappa shape index (κ1) is 11.7. The largest absolute Gasteiger partial charge is 0.504 e. The monoisotopic (exact) mass is 260 g/mol. The number of ketones is 1. The second-order valence-electron chi connectivity index (χ2n) is 4.75. The van der Waals surface area contributed by atoms with Gasteiger partial charge in [0.25, 0.3) is 0 Å². The summed E-state index contributed by atoms with van der Waals surface area (Å²) < 4.78 is 0. The SMILES string of the molecule is O=C1CCC(N2C=C3C=CC(=O)C(O)=C3C2)C(=O)N1. The number of nitrogens with zero attached hydrogens (tertiary/aromatic N) is 1. The maximum absolute atomic E-state index is 11.8. The smallest absolute Gasteiger partial charge is 0.249 e. The lowest BCUT2D eigenvalue weighted by atomic mass is 10.00. The van der Waals surface area contributed by atoms with Gasteiger partial charge < -0.3 is 10.0 Å². The van der Waals surface area contributed by atoms with Crippen molar-refractivity contribution in [2.75, 3.05) is 6.54 Å². The van der Waals surface area contributed by atoms with Gasteiger partial charge in [-0.3, -0.25) is 19.7 Å². The molecular weight excluding hydrogens is 248 g/mol. The van der Waals surface area contributed by atoms with Crippen molar-refractivity contribution in [1.82, 2.24) is 10.2 Å². The van der Waals surface area contributed by atoms with E-state index in [1.807, 2.05) is 0 Å². The summed E-state index contributed by atoms with van der Waals surface area (Å²) in [7, 11) is 0. The van der Waals surface area contributed by atoms with Gasteiger partial charge in [-0.15, -0.1) is 0 Å². The predicted molar refractivity (Wildman–Crippen MR) is 64.8 cm³/mol. The fourth-order valence-electron chi connectivity index (χ4n) is 2.52. The van der Waals surface area contributed by atoms with E-state index >= 15 is 0 Å². The van der Waals surface area contributed by atoms with E-state index in [1.54, 1.807) is 17.2 Å². The number of aliphatic hydroxyl groups excluding tert-OH is 1. The Bertz CT molecular complexity index is 585. The van der Waals surface area contributed by atoms with Gasteiger partial charge in [0.2, 0.25) is 17.6 Å². The normalized spacial score (nSPS) is 26.5. The van der Waals surface area contributed by atoms with Crippen molar-refractivity contribution >= 4 is 17.6 Å². The highest BCUT2D eigenvalue weighted by atomic mass is 16.3. The van der Waals surface area contributed by atoms with E-state index in [0.717, 1.165) is 5.57 Å². The van der Waals surface area contributed by atoms with Gasteiger partial charge in [0.1, 0.15) is 6.04 Å². The van der Waals surface area contributed by atoms with Crippen molar-refractivity contribution in [2.45, 2.75) is 18.9 Å². The Morgan fingerprint density at radius 1 is 1.26 bits per heavy atom. The number of fused-ring (bicyclic) bond motifs is 1. The zero-order chi connectivity index (χ0) is 13.6. The summed E-state index contributed by atoms with van der Waals surface area (Å²) in [5, 5.41) is 12.0. The minimum atomic E-state index is -0.431. The molecule has 0 radical (unpaired) electrons. The van der Waals surface area contributed by atoms with Crippen LogP contribution >= 0.6 is 0 Å². The molecule has 6 heteroatoms. The maximum atomic E-state index is 11.8. The first-order valence-corrected chi connectivity index (χ1v) is 6.02. The Labute approximate surface area is 109 Å². The highest BCUT2D eigenvalue weighted by molar-refractivity contribution is 6.05. The van der Waals surface area contributed by atoms with Crippen LogP contribution in [0.1, 0.15) is 12.8 Å². The number of nitrogens with one attached hydrogen (secondary N) is 1. The summed E-state index contributed by atoms with van der Waals surface area (Å²) in [6.07, 6.45) is 5.42. The Kier molecular flexibility index (Phi) is 2.51. The highest BCUT2D eigenvalue weighted by Crippen LogP contribution is 2.30. The van der Waals surface area contributed by atoms with Crippen LogP contribution in [0.2, 0.25) is 0 Å². The highest BCUT2D eigenvalue weighted by Gasteiger charge is 2.35. The van der Waals surface area contributed by atoms with Crippen LogP contribution in [-0.4, -0.2) is 40.2 Å². The van der Waals surface area contributed by atoms with Gasteiger partial charge in [0.15, 0.2) is 5.76 Å². The lowest BCUT2D eigenvalue weighted by Gasteiger charge is -2.29. The van der Waals surface area contributed by atoms with Crippen molar-refractivity contribution < 1.29 is 19.5 Å². The van der Waals surface area contributed by atoms with Crippen LogP contribution in [0.25, 0.3) is 0 Å². The number of hydrogen-bond acceptors (Lipinski definition) is 5. The summed E-state index contributed by atoms with van der Waals surface area (Å²) >= 11 is 0. The second-order valence-corrected chi connectivity index (χ2v) is 4.75. The van der Waals surface area contributed by atoms with Gasteiger partial charge in [0.05, 0.1) is 0 Å². The lowest BCUT2D eigenvalue weighted by Crippen LogP contribution is -2.50. The van der Waals surface area contributed by atoms with Crippen molar-refractivity contribution in [3.63, 3.8) is 0 Å². The van der Waals surface area contributed by atoms with Gasteiger partial charge in [-0.05, 0) is 24.1 Å². The molecular formula is C13H12N2O4. The molecule has 0 saturated carbocycles. The van der Waals surface area contributed by atoms with E-state index in [1.165, 1.54) is 6.08 Å². The molecule has 0 spiro atoms. The standard InChI is InChI=1S/C13H12N2O4/c16-10-3-1-7-5-15(6-8(7)12(10)18)9-2-4-11(17)14-13(9)19/h1,3,5,9,18H,2,4,6H2,(H,14,17,19). The van der Waals surface area contributed by atoms with Crippen LogP contribution in [0, 0.1) is 0 Å². The molecule has 6 nitrogen and oxygen atoms in total. The molecule has 1 fully saturated rings. The van der Waals surface area contributed by atoms with E-state index in [4.69, 9.17) is 0 Å². The topological polar surface area (TPSA) is 86.7 Å². The van der Waals surface area contributed by atoms with E-state index in [2.05, 4.69) is 5.32 Å². The second kappa shape index (κ2) is 4.08. The van der Waals surface area contributed by atoms with E-state index in [-0.39, 0.29) is 17.6 Å². The van der Waals surface area contributed by atoms with E-state index in [0.29, 0.717) is 25.0 Å². The van der Waals surface area contributed by atoms with Crippen LogP contribution < -0.4 is 5.32 Å². The van der Waals surface area contributed by atoms with Gasteiger partial charge >= 0.3 is 0 Å². The number of hydrogen-bond donors (Lipinski definition) is 2. The van der Waals surface area contributed by atoms with Gasteiger partial charge in [0, 0.05) is 24.7 Å². The third-order valence-electron chi connectivity index (χ3n) is 3.54. The molecule has 0 aromatic carbocycles. The Morgan fingerprint density at radius 3 is 2.79 bits per heavy atom. The van der Waals surface area contributed by atoms with Crippen LogP contribution in [0.5, 0.6) is 0 Å². The number of carbonyl (C=O) groups is 3. The number of amides is 2. The first-order chi connectivity index (χ1) is 9.06. The summed E-state index contributed by atoms with van der Waals surface area (Å²) in [4.78, 5) is 36.0. The van der Waals surface area contributed by atoms with Crippen molar-refractivity contribution in [1.29, 1.82) is 0 Å². The molecule has 3 rings (SSSR count). The third-order valence-corrected chi connectivity index (χ3v) is 3.54. The van der Waals surface area contributed by atoms with Gasteiger partial charge in [-0.25, -0.2) is 0 Å². The van der Waals surface area contributed by atoms with E-state index < -0.39 is 11.8 Å². The van der Waals surface area contributed by atoms with Crippen LogP contribution in [0.4, 0.5) is 0 Å². The molecule has 0 bridgehead atoms. The quantitative estimate of drug-likeness (QED) is 0.645. The zero-order valence-electron chi connectivity index (χ0n) is 10.0. The number of imide groups is 1. The molecule has 2 N–H and O–H groups in total. The summed E-state index contributed by atoms with van der Waals surface area (Å²) in [5.41, 5.74) is 1.28. The molecule has 19 heavy (non-hydrogen) atoms. The molecule has 2 heterocycles. The average Bonchev–Trinajstić information content (AvgIpc) is 2.78. The number of aliphatic hydroxyl groups is 1. The fourth-order valence-corrected chi connectivity index (χ4v) is 2.52. The van der Waals surface area contributed by atoms with Crippen molar-refractivity contribution in [3.8, 4) is 0 Å². The minimum Gasteiger partial charge on any atom is -0.504 e. The molecule has 0 aromatic rings. The van der Waals surface area contributed by atoms with Crippen LogP contribution in [0.15, 0.2) is 35.3 Å². The maximum Gasteiger partial charge on any atom is 0.249 e. The Balaban J connectivity index is 1.85. The number of allylic oxidation sites excluding steroid dienone is 2. The molecule has 3 aliphatic rings. The minimum absolute atomic E-state index is 0.261. The van der Waals surface area contributed by atoms with Crippen LogP contribution in [0.3, 0.4) is 0 Å². The number of rotatable bonds is 1. The van der Waals surface area contributed by atoms with Crippen molar-refractivity contribution in [2.24, 2.45) is 0 Å². The molecule has 98 valence electrons. The molecule has 2 amide bonds. The summed E-state index contributed by atoms with van der Waals surface area (Å²) in [6.45, 7) is 0.309. The number of piperidine rings is 1. The zero-order valence-corrected chi connectivity index (χ0v) is 10.0. The average molecular weight is 260 g/mol. The molecule has 1 saturated heterocycles. The van der Waals surface area contributed by atoms with Crippen LogP contribution in [-0.2, 0) is 14.4 Å². The molecule has 1 atom stereocenters. The van der Waals surface area contributed by atoms with Gasteiger partial charge in [-0.2, -0.15) is 0 Å². The Morgan fingerprint density at radius 2 is 2.05 bits per heavy atom. The fraction of sp³-hybridized carbons (Fsp3) is 0.308. The summed E-state index contributed by atoms with van der Waals surface area (Å²) in [5.74, 6) is -1.27. The molecule has 1 aliphatic carbocycles. The molecule has 0 aromatic heterocycles. The van der Waals surface area contributed by atoms with Crippen molar-refractivity contribution in [3.05, 3.63) is 35.3 Å². The summed E-state index contributed by atoms with van der Waals surface area (Å²) in [6, 6.07) is -0.431. The van der Waals surface area contributed by atoms with E-state index in [9.17, 15) is 19.5 Å². The predicted octanol–water partition coefficient (Wildman–Crippen LogP) is -0.0579. The lowest BCUT2D eigenvalue weighted by molar-refractivity contribution is -0.136. The third kappa shape index (κ3) is 1.85. The Hall–Kier alpha value is -2.37. The molecule has 1 unspecified atom stereocenters. The first-order valence-electron chi connectivity index (χ1n) is 6.02. The van der Waals surface area contributed by atoms with Gasteiger partial charge in [-0.1, -0.05) is 0 Å². The molecule has 2 aliphatic heterocycles. The number of carbonyl (C=O) groups excluding carboxylic acids is 3.